The zero-order valence-electron chi connectivity index (χ0n) is 22.5. The van der Waals surface area contributed by atoms with E-state index in [0.717, 1.165) is 19.3 Å². The highest BCUT2D eigenvalue weighted by Crippen LogP contribution is 2.78. The van der Waals surface area contributed by atoms with Crippen LogP contribution in [0.5, 0.6) is 0 Å². The Labute approximate surface area is 201 Å². The maximum Gasteiger partial charge on any atom is 0.144 e. The Morgan fingerprint density at radius 1 is 0.727 bits per heavy atom. The second-order valence-electron chi connectivity index (χ2n) is 15.4. The van der Waals surface area contributed by atoms with Crippen LogP contribution in [0, 0.1) is 56.2 Å². The summed E-state index contributed by atoms with van der Waals surface area (Å²) >= 11 is 0. The first-order valence-corrected chi connectivity index (χ1v) is 13.8. The zero-order valence-corrected chi connectivity index (χ0v) is 22.5. The molecule has 0 aromatic carbocycles. The summed E-state index contributed by atoms with van der Waals surface area (Å²) in [6, 6.07) is 0. The number of aliphatic hydroxyl groups excluding tert-OH is 1. The van der Waals surface area contributed by atoms with Crippen molar-refractivity contribution in [1.29, 1.82) is 0 Å². The number of hydrogen-bond donors (Lipinski definition) is 1. The normalized spacial score (nSPS) is 58.0. The molecule has 186 valence electrons. The fourth-order valence-corrected chi connectivity index (χ4v) is 11.2. The van der Waals surface area contributed by atoms with Crippen LogP contribution in [0.3, 0.4) is 0 Å². The third-order valence-corrected chi connectivity index (χ3v) is 13.3. The molecule has 0 spiro atoms. The molecule has 0 radical (unpaired) electrons. The van der Waals surface area contributed by atoms with Crippen molar-refractivity contribution in [2.45, 2.75) is 119 Å². The highest BCUT2D eigenvalue weighted by atomic mass is 16.3. The standard InChI is InChI=1S/C30H48O3/c1-18-19(31)15-20(32)23-27(5)12-14-29(7)22-17-25(2,3)9-10-26(22,4)11-13-30(29,8)24(27)21(33)16-28(18,23)6/h18,21-24,33H,9-17H2,1-8H3/t18-,21+,22+,23-,24-,26+,27-,28+,29-,30+/m0/s1. The second-order valence-corrected chi connectivity index (χ2v) is 15.4. The van der Waals surface area contributed by atoms with Crippen LogP contribution >= 0.6 is 0 Å². The fourth-order valence-electron chi connectivity index (χ4n) is 11.2. The van der Waals surface area contributed by atoms with Gasteiger partial charge in [0.2, 0.25) is 0 Å². The van der Waals surface area contributed by atoms with Gasteiger partial charge in [-0.1, -0.05) is 55.4 Å². The molecule has 5 saturated carbocycles. The molecule has 0 aromatic heterocycles. The largest absolute Gasteiger partial charge is 0.393 e. The topological polar surface area (TPSA) is 54.4 Å². The predicted octanol–water partition coefficient (Wildman–Crippen LogP) is 6.61. The summed E-state index contributed by atoms with van der Waals surface area (Å²) in [5.74, 6) is 0.774. The number of hydrogen-bond acceptors (Lipinski definition) is 3. The van der Waals surface area contributed by atoms with E-state index in [1.54, 1.807) is 0 Å². The van der Waals surface area contributed by atoms with Crippen LogP contribution in [0.2, 0.25) is 0 Å². The van der Waals surface area contributed by atoms with Crippen LogP contribution in [0.15, 0.2) is 0 Å². The van der Waals surface area contributed by atoms with Gasteiger partial charge in [-0.15, -0.1) is 0 Å². The molecule has 1 N–H and O–H groups in total. The van der Waals surface area contributed by atoms with E-state index >= 15 is 0 Å². The van der Waals surface area contributed by atoms with Gasteiger partial charge in [0.05, 0.1) is 12.5 Å². The van der Waals surface area contributed by atoms with Crippen molar-refractivity contribution in [1.82, 2.24) is 0 Å². The van der Waals surface area contributed by atoms with Gasteiger partial charge in [0, 0.05) is 11.8 Å². The number of ketones is 2. The third-order valence-electron chi connectivity index (χ3n) is 13.3. The molecule has 10 atom stereocenters. The maximum atomic E-state index is 13.6. The van der Waals surface area contributed by atoms with Gasteiger partial charge < -0.3 is 5.11 Å². The van der Waals surface area contributed by atoms with Gasteiger partial charge in [0.25, 0.3) is 0 Å². The number of Topliss-reactive ketones (excluding diaryl/α,β-unsaturated/α-hetero) is 2. The van der Waals surface area contributed by atoms with E-state index in [2.05, 4.69) is 48.5 Å². The van der Waals surface area contributed by atoms with Crippen LogP contribution in [-0.4, -0.2) is 22.8 Å². The summed E-state index contributed by atoms with van der Waals surface area (Å²) in [7, 11) is 0. The molecule has 0 unspecified atom stereocenters. The van der Waals surface area contributed by atoms with Crippen LogP contribution < -0.4 is 0 Å². The van der Waals surface area contributed by atoms with Crippen LogP contribution in [0.25, 0.3) is 0 Å². The predicted molar refractivity (Wildman–Crippen MR) is 132 cm³/mol. The van der Waals surface area contributed by atoms with E-state index < -0.39 is 11.5 Å². The molecule has 5 rings (SSSR count). The van der Waals surface area contributed by atoms with Crippen molar-refractivity contribution >= 4 is 11.6 Å². The van der Waals surface area contributed by atoms with Crippen LogP contribution in [-0.2, 0) is 9.59 Å². The lowest BCUT2D eigenvalue weighted by molar-refractivity contribution is -0.276. The summed E-state index contributed by atoms with van der Waals surface area (Å²) in [5, 5.41) is 11.9. The summed E-state index contributed by atoms with van der Waals surface area (Å²) in [6.07, 6.45) is 8.70. The summed E-state index contributed by atoms with van der Waals surface area (Å²) in [5.41, 5.74) is 0.319. The smallest absolute Gasteiger partial charge is 0.144 e. The van der Waals surface area contributed by atoms with Crippen molar-refractivity contribution in [2.75, 3.05) is 0 Å². The number of rotatable bonds is 0. The molecule has 0 aromatic rings. The first kappa shape index (κ1) is 24.0. The maximum absolute atomic E-state index is 13.6. The van der Waals surface area contributed by atoms with Gasteiger partial charge in [-0.2, -0.15) is 0 Å². The second kappa shape index (κ2) is 6.74. The number of fused-ring (bicyclic) bond motifs is 7. The molecule has 3 heteroatoms. The van der Waals surface area contributed by atoms with E-state index in [1.807, 2.05) is 6.92 Å². The van der Waals surface area contributed by atoms with Gasteiger partial charge in [-0.25, -0.2) is 0 Å². The zero-order chi connectivity index (χ0) is 24.4. The summed E-state index contributed by atoms with van der Waals surface area (Å²) in [6.45, 7) is 19.0. The Morgan fingerprint density at radius 3 is 2.00 bits per heavy atom. The van der Waals surface area contributed by atoms with Gasteiger partial charge in [-0.3, -0.25) is 9.59 Å². The quantitative estimate of drug-likeness (QED) is 0.417. The molecule has 0 heterocycles. The first-order valence-electron chi connectivity index (χ1n) is 13.8. The Hall–Kier alpha value is -0.700. The lowest BCUT2D eigenvalue weighted by Gasteiger charge is -2.75. The highest BCUT2D eigenvalue weighted by molar-refractivity contribution is 6.04. The Balaban J connectivity index is 1.61. The van der Waals surface area contributed by atoms with Crippen molar-refractivity contribution in [2.24, 2.45) is 56.2 Å². The fraction of sp³-hybridized carbons (Fsp3) is 0.933. The van der Waals surface area contributed by atoms with E-state index in [-0.39, 0.29) is 52.0 Å². The molecule has 0 aliphatic heterocycles. The van der Waals surface area contributed by atoms with E-state index in [1.165, 1.54) is 25.7 Å². The van der Waals surface area contributed by atoms with E-state index in [4.69, 9.17) is 0 Å². The molecule has 0 bridgehead atoms. The molecule has 5 aliphatic rings. The number of carbonyl (C=O) groups is 2. The molecular formula is C30H48O3. The third kappa shape index (κ3) is 2.84. The molecule has 33 heavy (non-hydrogen) atoms. The monoisotopic (exact) mass is 456 g/mol. The van der Waals surface area contributed by atoms with Crippen molar-refractivity contribution < 1.29 is 14.7 Å². The number of carbonyl (C=O) groups excluding carboxylic acids is 2. The molecule has 5 fully saturated rings. The minimum atomic E-state index is -0.442. The van der Waals surface area contributed by atoms with Gasteiger partial charge in [0.1, 0.15) is 11.6 Å². The Morgan fingerprint density at radius 2 is 1.33 bits per heavy atom. The molecule has 3 nitrogen and oxygen atoms in total. The average Bonchev–Trinajstić information content (AvgIpc) is 2.69. The summed E-state index contributed by atoms with van der Waals surface area (Å²) < 4.78 is 0. The average molecular weight is 457 g/mol. The van der Waals surface area contributed by atoms with Crippen molar-refractivity contribution in [3.8, 4) is 0 Å². The molecule has 0 saturated heterocycles. The molecule has 0 amide bonds. The minimum Gasteiger partial charge on any atom is -0.393 e. The molecule has 5 aliphatic carbocycles. The van der Waals surface area contributed by atoms with Crippen LogP contribution in [0.4, 0.5) is 0 Å². The van der Waals surface area contributed by atoms with Gasteiger partial charge in [0.15, 0.2) is 0 Å². The number of aliphatic hydroxyl groups is 1. The summed E-state index contributed by atoms with van der Waals surface area (Å²) in [4.78, 5) is 26.3. The Kier molecular flexibility index (Phi) is 4.90. The van der Waals surface area contributed by atoms with Crippen LogP contribution in [0.1, 0.15) is 113 Å². The van der Waals surface area contributed by atoms with Gasteiger partial charge >= 0.3 is 0 Å². The highest BCUT2D eigenvalue weighted by Gasteiger charge is 2.74. The lowest BCUT2D eigenvalue weighted by Crippen LogP contribution is -2.72. The van der Waals surface area contributed by atoms with Crippen molar-refractivity contribution in [3.05, 3.63) is 0 Å². The van der Waals surface area contributed by atoms with E-state index in [0.29, 0.717) is 23.2 Å². The van der Waals surface area contributed by atoms with Gasteiger partial charge in [-0.05, 0) is 95.7 Å². The minimum absolute atomic E-state index is 0.0172. The Bertz CT molecular complexity index is 891. The lowest BCUT2D eigenvalue weighted by atomic mass is 9.29. The van der Waals surface area contributed by atoms with E-state index in [9.17, 15) is 14.7 Å². The SMILES string of the molecule is C[C@H]1C(=O)CC(=O)[C@@H]2[C@]1(C)C[C@@H](O)[C@H]1[C@@]2(C)CC[C@@]2(C)[C@@H]3CC(C)(C)CC[C@]3(C)CC[C@]12C. The first-order chi connectivity index (χ1) is 15.0. The molecular weight excluding hydrogens is 408 g/mol. The van der Waals surface area contributed by atoms with Crippen molar-refractivity contribution in [3.63, 3.8) is 0 Å².